The molecule has 0 fully saturated rings. The van der Waals surface area contributed by atoms with E-state index in [4.69, 9.17) is 0 Å². The van der Waals surface area contributed by atoms with Gasteiger partial charge in [0.2, 0.25) is 0 Å². The summed E-state index contributed by atoms with van der Waals surface area (Å²) in [4.78, 5) is 0. The Labute approximate surface area is 143 Å². The Morgan fingerprint density at radius 2 is 1.46 bits per heavy atom. The van der Waals surface area contributed by atoms with E-state index in [-0.39, 0.29) is 0 Å². The Kier molecular flexibility index (Phi) is 4.46. The van der Waals surface area contributed by atoms with Gasteiger partial charge in [-0.25, -0.2) is 0 Å². The first kappa shape index (κ1) is 15.2. The van der Waals surface area contributed by atoms with Crippen molar-refractivity contribution in [3.63, 3.8) is 0 Å². The van der Waals surface area contributed by atoms with Crippen LogP contribution in [0.4, 0.5) is 0 Å². The fraction of sp³-hybridized carbons (Fsp3) is 0.250. The van der Waals surface area contributed by atoms with E-state index in [0.717, 1.165) is 6.42 Å². The Balaban J connectivity index is 0.000000207. The summed E-state index contributed by atoms with van der Waals surface area (Å²) in [5, 5.41) is 5.74. The molecule has 0 spiro atoms. The highest BCUT2D eigenvalue weighted by Gasteiger charge is 2.10. The molecule has 0 aliphatic heterocycles. The third-order valence-corrected chi connectivity index (χ3v) is 5.12. The fourth-order valence-electron chi connectivity index (χ4n) is 3.89. The molecule has 0 nitrogen and oxygen atoms in total. The quantitative estimate of drug-likeness (QED) is 0.679. The van der Waals surface area contributed by atoms with Gasteiger partial charge in [0.15, 0.2) is 0 Å². The molecule has 0 amide bonds. The molecule has 0 aromatic heterocycles. The average Bonchev–Trinajstić information content (AvgIpc) is 2.69. The van der Waals surface area contributed by atoms with E-state index in [1.54, 1.807) is 11.1 Å². The van der Waals surface area contributed by atoms with Crippen molar-refractivity contribution in [2.24, 2.45) is 0 Å². The molecule has 0 heteroatoms. The monoisotopic (exact) mass is 312 g/mol. The third-order valence-electron chi connectivity index (χ3n) is 5.12. The summed E-state index contributed by atoms with van der Waals surface area (Å²) < 4.78 is 0. The number of fused-ring (bicyclic) bond motifs is 4. The Bertz CT molecular complexity index is 991. The highest BCUT2D eigenvalue weighted by molar-refractivity contribution is 5.47. The second-order valence-electron chi connectivity index (χ2n) is 6.68. The number of rotatable bonds is 0. The maximum atomic E-state index is 2.40. The van der Waals surface area contributed by atoms with Crippen molar-refractivity contribution < 1.29 is 0 Å². The van der Waals surface area contributed by atoms with Gasteiger partial charge in [0, 0.05) is 0 Å². The molecule has 0 N–H and O–H groups in total. The minimum atomic E-state index is 1.10. The summed E-state index contributed by atoms with van der Waals surface area (Å²) >= 11 is 0. The lowest BCUT2D eigenvalue weighted by molar-refractivity contribution is 0.824. The minimum absolute atomic E-state index is 1.10. The fourth-order valence-corrected chi connectivity index (χ4v) is 3.89. The summed E-state index contributed by atoms with van der Waals surface area (Å²) in [7, 11) is 0. The van der Waals surface area contributed by atoms with E-state index in [1.807, 2.05) is 0 Å². The molecule has 0 bridgehead atoms. The highest BCUT2D eigenvalue weighted by Crippen LogP contribution is 2.17. The first-order valence-corrected chi connectivity index (χ1v) is 9.16. The molecule has 2 aromatic carbocycles. The third kappa shape index (κ3) is 3.01. The van der Waals surface area contributed by atoms with Gasteiger partial charge in [-0.3, -0.25) is 0 Å². The van der Waals surface area contributed by atoms with E-state index < -0.39 is 0 Å². The molecule has 0 radical (unpaired) electrons. The lowest BCUT2D eigenvalue weighted by atomic mass is 9.89. The van der Waals surface area contributed by atoms with Crippen molar-refractivity contribution in [2.45, 2.75) is 38.5 Å². The largest absolute Gasteiger partial charge is 0.0842 e. The lowest BCUT2D eigenvalue weighted by Gasteiger charge is -2.16. The molecule has 24 heavy (non-hydrogen) atoms. The predicted octanol–water partition coefficient (Wildman–Crippen LogP) is 4.32. The van der Waals surface area contributed by atoms with Crippen molar-refractivity contribution >= 4 is 12.2 Å². The van der Waals surface area contributed by atoms with Crippen LogP contribution in [0.3, 0.4) is 0 Å². The van der Waals surface area contributed by atoms with Gasteiger partial charge in [0.25, 0.3) is 0 Å². The average molecular weight is 312 g/mol. The first-order chi connectivity index (χ1) is 11.9. The second kappa shape index (κ2) is 7.05. The van der Waals surface area contributed by atoms with Crippen LogP contribution in [-0.4, -0.2) is 0 Å². The Morgan fingerprint density at radius 1 is 0.625 bits per heavy atom. The van der Waals surface area contributed by atoms with Gasteiger partial charge < -0.3 is 0 Å². The van der Waals surface area contributed by atoms with Gasteiger partial charge in [-0.05, 0) is 70.5 Å². The molecular formula is C24H24. The van der Waals surface area contributed by atoms with Crippen LogP contribution in [0.1, 0.15) is 36.8 Å². The second-order valence-corrected chi connectivity index (χ2v) is 6.68. The van der Waals surface area contributed by atoms with Crippen LogP contribution in [0.25, 0.3) is 12.2 Å². The number of hydrogen-bond acceptors (Lipinski definition) is 0. The van der Waals surface area contributed by atoms with Crippen molar-refractivity contribution in [2.75, 3.05) is 0 Å². The van der Waals surface area contributed by atoms with Crippen molar-refractivity contribution in [1.29, 1.82) is 0 Å². The summed E-state index contributed by atoms with van der Waals surface area (Å²) in [6, 6.07) is 13.4. The van der Waals surface area contributed by atoms with E-state index >= 15 is 0 Å². The molecule has 2 aromatic rings. The number of benzene rings is 2. The van der Waals surface area contributed by atoms with Crippen LogP contribution in [0, 0.1) is 10.4 Å². The van der Waals surface area contributed by atoms with Crippen LogP contribution in [0.2, 0.25) is 0 Å². The maximum absolute atomic E-state index is 2.40. The van der Waals surface area contributed by atoms with Gasteiger partial charge in [-0.2, -0.15) is 0 Å². The molecule has 5 rings (SSSR count). The van der Waals surface area contributed by atoms with E-state index in [0.29, 0.717) is 0 Å². The van der Waals surface area contributed by atoms with Gasteiger partial charge >= 0.3 is 0 Å². The summed E-state index contributed by atoms with van der Waals surface area (Å²) in [5.74, 6) is 0. The molecule has 0 heterocycles. The maximum Gasteiger partial charge on any atom is -0.00791 e. The zero-order valence-corrected chi connectivity index (χ0v) is 14.2. The highest BCUT2D eigenvalue weighted by atomic mass is 14.1. The van der Waals surface area contributed by atoms with Gasteiger partial charge in [-0.1, -0.05) is 72.9 Å². The van der Waals surface area contributed by atoms with Gasteiger partial charge in [0.05, 0.1) is 0 Å². The van der Waals surface area contributed by atoms with Crippen LogP contribution >= 0.6 is 0 Å². The van der Waals surface area contributed by atoms with Gasteiger partial charge in [-0.15, -0.1) is 0 Å². The van der Waals surface area contributed by atoms with E-state index in [2.05, 4.69) is 72.9 Å². The topological polar surface area (TPSA) is 0 Å². The molecule has 0 atom stereocenters. The van der Waals surface area contributed by atoms with Crippen molar-refractivity contribution in [3.8, 4) is 0 Å². The summed E-state index contributed by atoms with van der Waals surface area (Å²) in [6.07, 6.45) is 20.7. The predicted molar refractivity (Wildman–Crippen MR) is 103 cm³/mol. The molecule has 0 saturated carbocycles. The SMILES string of the molecule is C1=CCCC=C1.C1=c2ccc3c(c2CCC1)CC=c1ccccc1=3. The lowest BCUT2D eigenvalue weighted by Crippen LogP contribution is -2.19. The molecule has 0 unspecified atom stereocenters. The van der Waals surface area contributed by atoms with Crippen LogP contribution < -0.4 is 10.4 Å². The number of allylic oxidation sites excluding steroid dienone is 4. The standard InChI is InChI=1S/C18H16.C6H8/c1-3-7-15-13(5-1)9-11-18-16-8-4-2-6-14(16)10-12-17(15)18;1-2-4-6-5-3-1/h1,3,5-7,9-10,12H,2,4,8,11H2;1-4H,5-6H2. The molecule has 3 aliphatic carbocycles. The molecule has 0 saturated heterocycles. The molecular weight excluding hydrogens is 288 g/mol. The molecule has 120 valence electrons. The smallest absolute Gasteiger partial charge is 0.00791 e. The normalized spacial score (nSPS) is 16.5. The van der Waals surface area contributed by atoms with Crippen molar-refractivity contribution in [3.05, 3.63) is 92.7 Å². The zero-order chi connectivity index (χ0) is 16.2. The van der Waals surface area contributed by atoms with E-state index in [9.17, 15) is 0 Å². The summed E-state index contributed by atoms with van der Waals surface area (Å²) in [5.41, 5.74) is 3.17. The van der Waals surface area contributed by atoms with Crippen LogP contribution in [0.5, 0.6) is 0 Å². The first-order valence-electron chi connectivity index (χ1n) is 9.16. The zero-order valence-electron chi connectivity index (χ0n) is 14.2. The molecule has 3 aliphatic rings. The van der Waals surface area contributed by atoms with Crippen LogP contribution in [0.15, 0.2) is 60.7 Å². The van der Waals surface area contributed by atoms with Crippen molar-refractivity contribution in [1.82, 2.24) is 0 Å². The van der Waals surface area contributed by atoms with E-state index in [1.165, 1.54) is 53.0 Å². The Morgan fingerprint density at radius 3 is 2.25 bits per heavy atom. The van der Waals surface area contributed by atoms with Crippen LogP contribution in [-0.2, 0) is 12.8 Å². The minimum Gasteiger partial charge on any atom is -0.0842 e. The summed E-state index contributed by atoms with van der Waals surface area (Å²) in [6.45, 7) is 0. The number of hydrogen-bond donors (Lipinski definition) is 0. The van der Waals surface area contributed by atoms with Gasteiger partial charge in [0.1, 0.15) is 0 Å². The Hall–Kier alpha value is -2.34.